The molecule has 1 aromatic heterocycles. The van der Waals surface area contributed by atoms with Crippen molar-refractivity contribution in [1.82, 2.24) is 15.2 Å². The zero-order valence-electron chi connectivity index (χ0n) is 9.48. The Morgan fingerprint density at radius 2 is 2.38 bits per heavy atom. The highest BCUT2D eigenvalue weighted by atomic mass is 32.1. The Morgan fingerprint density at radius 1 is 1.62 bits per heavy atom. The second kappa shape index (κ2) is 5.30. The monoisotopic (exact) mass is 239 g/mol. The lowest BCUT2D eigenvalue weighted by Crippen LogP contribution is -2.39. The zero-order chi connectivity index (χ0) is 11.4. The number of hydrogen-bond acceptors (Lipinski definition) is 3. The molecule has 1 fully saturated rings. The van der Waals surface area contributed by atoms with E-state index in [1.165, 1.54) is 0 Å². The van der Waals surface area contributed by atoms with Gasteiger partial charge in [-0.3, -0.25) is 0 Å². The van der Waals surface area contributed by atoms with E-state index in [2.05, 4.69) is 17.2 Å². The van der Waals surface area contributed by atoms with Gasteiger partial charge >= 0.3 is 6.03 Å². The van der Waals surface area contributed by atoms with E-state index in [1.807, 2.05) is 10.3 Å². The maximum absolute atomic E-state index is 11.9. The summed E-state index contributed by atoms with van der Waals surface area (Å²) in [6.45, 7) is 3.84. The summed E-state index contributed by atoms with van der Waals surface area (Å²) in [6, 6.07) is 0.118. The van der Waals surface area contributed by atoms with Crippen LogP contribution in [0.3, 0.4) is 0 Å². The minimum atomic E-state index is 0.0551. The maximum Gasteiger partial charge on any atom is 0.317 e. The lowest BCUT2D eigenvalue weighted by molar-refractivity contribution is 0.204. The molecule has 1 aliphatic rings. The summed E-state index contributed by atoms with van der Waals surface area (Å²) >= 11 is 1.60. The minimum Gasteiger partial charge on any atom is -0.329 e. The van der Waals surface area contributed by atoms with Crippen LogP contribution in [0.25, 0.3) is 0 Å². The van der Waals surface area contributed by atoms with Gasteiger partial charge in [-0.05, 0) is 19.3 Å². The van der Waals surface area contributed by atoms with E-state index in [0.29, 0.717) is 0 Å². The molecule has 0 radical (unpaired) electrons. The molecule has 1 aliphatic heterocycles. The van der Waals surface area contributed by atoms with Crippen molar-refractivity contribution in [3.05, 3.63) is 16.6 Å². The number of nitrogens with zero attached hydrogens (tertiary/aromatic N) is 2. The Hall–Kier alpha value is -1.10. The third-order valence-electron chi connectivity index (χ3n) is 2.85. The second-order valence-corrected chi connectivity index (χ2v) is 4.90. The van der Waals surface area contributed by atoms with Gasteiger partial charge in [0.25, 0.3) is 0 Å². The largest absolute Gasteiger partial charge is 0.329 e. The van der Waals surface area contributed by atoms with Gasteiger partial charge in [-0.15, -0.1) is 11.3 Å². The molecule has 1 aromatic rings. The molecule has 0 bridgehead atoms. The van der Waals surface area contributed by atoms with Crippen molar-refractivity contribution in [2.24, 2.45) is 0 Å². The molecule has 0 aromatic carbocycles. The summed E-state index contributed by atoms with van der Waals surface area (Å²) in [6.07, 6.45) is 4.92. The number of carbonyl (C=O) groups is 1. The molecule has 16 heavy (non-hydrogen) atoms. The van der Waals surface area contributed by atoms with E-state index in [0.717, 1.165) is 37.4 Å². The van der Waals surface area contributed by atoms with Gasteiger partial charge in [-0.2, -0.15) is 0 Å². The van der Waals surface area contributed by atoms with Gasteiger partial charge in [0, 0.05) is 24.7 Å². The van der Waals surface area contributed by atoms with Crippen LogP contribution in [0.4, 0.5) is 4.79 Å². The number of aromatic nitrogens is 1. The smallest absolute Gasteiger partial charge is 0.317 e. The standard InChI is InChI=1S/C11H17N3OS/c1-2-9(10-12-5-8-16-10)13-11(15)14-6-3-4-7-14/h5,8-9H,2-4,6-7H2,1H3,(H,13,15). The Bertz CT molecular complexity index is 333. The minimum absolute atomic E-state index is 0.0551. The van der Waals surface area contributed by atoms with Gasteiger partial charge < -0.3 is 10.2 Å². The van der Waals surface area contributed by atoms with Crippen LogP contribution in [0, 0.1) is 0 Å². The second-order valence-electron chi connectivity index (χ2n) is 3.97. The van der Waals surface area contributed by atoms with Gasteiger partial charge in [0.05, 0.1) is 6.04 Å². The summed E-state index contributed by atoms with van der Waals surface area (Å²) in [4.78, 5) is 18.0. The van der Waals surface area contributed by atoms with Crippen molar-refractivity contribution in [2.75, 3.05) is 13.1 Å². The van der Waals surface area contributed by atoms with E-state index in [9.17, 15) is 4.79 Å². The molecular formula is C11H17N3OS. The molecule has 5 heteroatoms. The number of amides is 2. The molecule has 0 aliphatic carbocycles. The van der Waals surface area contributed by atoms with Crippen LogP contribution in [0.5, 0.6) is 0 Å². The van der Waals surface area contributed by atoms with E-state index >= 15 is 0 Å². The Balaban J connectivity index is 1.93. The summed E-state index contributed by atoms with van der Waals surface area (Å²) in [5.74, 6) is 0. The highest BCUT2D eigenvalue weighted by Gasteiger charge is 2.21. The summed E-state index contributed by atoms with van der Waals surface area (Å²) in [5, 5.41) is 5.99. The normalized spacial score (nSPS) is 17.4. The zero-order valence-corrected chi connectivity index (χ0v) is 10.3. The van der Waals surface area contributed by atoms with Crippen LogP contribution in [0.2, 0.25) is 0 Å². The number of carbonyl (C=O) groups excluding carboxylic acids is 1. The molecule has 1 N–H and O–H groups in total. The van der Waals surface area contributed by atoms with Gasteiger partial charge in [-0.25, -0.2) is 9.78 Å². The van der Waals surface area contributed by atoms with Crippen molar-refractivity contribution in [3.63, 3.8) is 0 Å². The van der Waals surface area contributed by atoms with Crippen LogP contribution in [0.1, 0.15) is 37.2 Å². The first kappa shape index (κ1) is 11.4. The first-order chi connectivity index (χ1) is 7.81. The quantitative estimate of drug-likeness (QED) is 0.880. The van der Waals surface area contributed by atoms with Crippen LogP contribution < -0.4 is 5.32 Å². The number of urea groups is 1. The molecule has 4 nitrogen and oxygen atoms in total. The highest BCUT2D eigenvalue weighted by Crippen LogP contribution is 2.19. The predicted molar refractivity (Wildman–Crippen MR) is 64.5 cm³/mol. The fourth-order valence-electron chi connectivity index (χ4n) is 1.91. The number of hydrogen-bond donors (Lipinski definition) is 1. The first-order valence-corrected chi connectivity index (χ1v) is 6.64. The fourth-order valence-corrected chi connectivity index (χ4v) is 2.68. The molecule has 2 heterocycles. The summed E-state index contributed by atoms with van der Waals surface area (Å²) < 4.78 is 0. The van der Waals surface area contributed by atoms with Crippen molar-refractivity contribution >= 4 is 17.4 Å². The summed E-state index contributed by atoms with van der Waals surface area (Å²) in [7, 11) is 0. The maximum atomic E-state index is 11.9. The SMILES string of the molecule is CCC(NC(=O)N1CCCC1)c1nccs1. The van der Waals surface area contributed by atoms with Crippen molar-refractivity contribution < 1.29 is 4.79 Å². The topological polar surface area (TPSA) is 45.2 Å². The van der Waals surface area contributed by atoms with Gasteiger partial charge in [0.15, 0.2) is 0 Å². The average Bonchev–Trinajstić information content (AvgIpc) is 2.96. The molecule has 2 rings (SSSR count). The third kappa shape index (κ3) is 2.52. The molecule has 1 unspecified atom stereocenters. The Morgan fingerprint density at radius 3 is 2.94 bits per heavy atom. The van der Waals surface area contributed by atoms with Crippen LogP contribution in [-0.2, 0) is 0 Å². The molecule has 1 saturated heterocycles. The molecular weight excluding hydrogens is 222 g/mol. The molecule has 2 amide bonds. The van der Waals surface area contributed by atoms with Crippen LogP contribution in [0.15, 0.2) is 11.6 Å². The van der Waals surface area contributed by atoms with Gasteiger partial charge in [0.2, 0.25) is 0 Å². The third-order valence-corrected chi connectivity index (χ3v) is 3.74. The molecule has 88 valence electrons. The van der Waals surface area contributed by atoms with E-state index < -0.39 is 0 Å². The number of rotatable bonds is 3. The van der Waals surface area contributed by atoms with E-state index in [-0.39, 0.29) is 12.1 Å². The predicted octanol–water partition coefficient (Wildman–Crippen LogP) is 2.40. The molecule has 1 atom stereocenters. The fraction of sp³-hybridized carbons (Fsp3) is 0.636. The van der Waals surface area contributed by atoms with Crippen molar-refractivity contribution in [1.29, 1.82) is 0 Å². The van der Waals surface area contributed by atoms with Crippen molar-refractivity contribution in [2.45, 2.75) is 32.2 Å². The van der Waals surface area contributed by atoms with Gasteiger partial charge in [0.1, 0.15) is 5.01 Å². The van der Waals surface area contributed by atoms with E-state index in [1.54, 1.807) is 17.5 Å². The molecule has 0 saturated carbocycles. The number of thiazole rings is 1. The highest BCUT2D eigenvalue weighted by molar-refractivity contribution is 7.09. The lowest BCUT2D eigenvalue weighted by atomic mass is 10.2. The number of likely N-dealkylation sites (tertiary alicyclic amines) is 1. The van der Waals surface area contributed by atoms with Crippen LogP contribution in [-0.4, -0.2) is 29.0 Å². The van der Waals surface area contributed by atoms with Gasteiger partial charge in [-0.1, -0.05) is 6.92 Å². The first-order valence-electron chi connectivity index (χ1n) is 5.76. The number of nitrogens with one attached hydrogen (secondary N) is 1. The van der Waals surface area contributed by atoms with Crippen molar-refractivity contribution in [3.8, 4) is 0 Å². The van der Waals surface area contributed by atoms with E-state index in [4.69, 9.17) is 0 Å². The summed E-state index contributed by atoms with van der Waals surface area (Å²) in [5.41, 5.74) is 0. The average molecular weight is 239 g/mol. The molecule has 0 spiro atoms. The Kier molecular flexibility index (Phi) is 3.77. The Labute approximate surface area is 99.7 Å². The lowest BCUT2D eigenvalue weighted by Gasteiger charge is -2.20. The van der Waals surface area contributed by atoms with Crippen LogP contribution >= 0.6 is 11.3 Å².